The van der Waals surface area contributed by atoms with Crippen molar-refractivity contribution in [2.45, 2.75) is 19.8 Å². The van der Waals surface area contributed by atoms with Crippen molar-refractivity contribution in [1.82, 2.24) is 10.2 Å². The Kier molecular flexibility index (Phi) is 4.50. The highest BCUT2D eigenvalue weighted by molar-refractivity contribution is 5.97. The Morgan fingerprint density at radius 2 is 1.83 bits per heavy atom. The molecular formula is C15H22N2O. The van der Waals surface area contributed by atoms with Gasteiger partial charge in [-0.05, 0) is 11.5 Å². The summed E-state index contributed by atoms with van der Waals surface area (Å²) in [6, 6.07) is 8.05. The summed E-state index contributed by atoms with van der Waals surface area (Å²) in [6.45, 7) is 8.78. The molecule has 0 spiro atoms. The van der Waals surface area contributed by atoms with Gasteiger partial charge in [-0.3, -0.25) is 9.69 Å². The maximum Gasteiger partial charge on any atom is 0.176 e. The van der Waals surface area contributed by atoms with E-state index < -0.39 is 0 Å². The molecule has 3 heteroatoms. The minimum atomic E-state index is 0.229. The maximum absolute atomic E-state index is 12.1. The van der Waals surface area contributed by atoms with Crippen molar-refractivity contribution in [3.63, 3.8) is 0 Å². The number of carbonyl (C=O) groups excluding carboxylic acids is 1. The molecule has 0 amide bonds. The van der Waals surface area contributed by atoms with E-state index in [1.54, 1.807) is 0 Å². The molecule has 0 saturated carbocycles. The molecule has 18 heavy (non-hydrogen) atoms. The van der Waals surface area contributed by atoms with Gasteiger partial charge in [-0.1, -0.05) is 38.1 Å². The summed E-state index contributed by atoms with van der Waals surface area (Å²) in [6.07, 6.45) is 0. The SMILES string of the molecule is CC(C)c1ccc(C(=O)CN2CCNCC2)cc1. The minimum absolute atomic E-state index is 0.229. The van der Waals surface area contributed by atoms with Gasteiger partial charge in [0.2, 0.25) is 0 Å². The topological polar surface area (TPSA) is 32.3 Å². The molecule has 0 radical (unpaired) electrons. The first-order valence-corrected chi connectivity index (χ1v) is 6.73. The molecular weight excluding hydrogens is 224 g/mol. The predicted molar refractivity (Wildman–Crippen MR) is 74.2 cm³/mol. The Morgan fingerprint density at radius 3 is 2.39 bits per heavy atom. The Hall–Kier alpha value is -1.19. The summed E-state index contributed by atoms with van der Waals surface area (Å²) in [5.74, 6) is 0.745. The van der Waals surface area contributed by atoms with E-state index in [2.05, 4.69) is 36.2 Å². The second kappa shape index (κ2) is 6.12. The number of hydrogen-bond acceptors (Lipinski definition) is 3. The Morgan fingerprint density at radius 1 is 1.22 bits per heavy atom. The first-order chi connectivity index (χ1) is 8.66. The lowest BCUT2D eigenvalue weighted by molar-refractivity contribution is 0.0921. The van der Waals surface area contributed by atoms with Crippen LogP contribution in [0.5, 0.6) is 0 Å². The van der Waals surface area contributed by atoms with Gasteiger partial charge in [-0.2, -0.15) is 0 Å². The van der Waals surface area contributed by atoms with Crippen molar-refractivity contribution >= 4 is 5.78 Å². The molecule has 2 rings (SSSR count). The second-order valence-electron chi connectivity index (χ2n) is 5.23. The monoisotopic (exact) mass is 246 g/mol. The number of benzene rings is 1. The van der Waals surface area contributed by atoms with Crippen LogP contribution in [0.2, 0.25) is 0 Å². The molecule has 0 aromatic heterocycles. The van der Waals surface area contributed by atoms with Gasteiger partial charge in [-0.25, -0.2) is 0 Å². The predicted octanol–water partition coefficient (Wildman–Crippen LogP) is 1.90. The van der Waals surface area contributed by atoms with E-state index >= 15 is 0 Å². The molecule has 1 aromatic rings. The Balaban J connectivity index is 1.95. The highest BCUT2D eigenvalue weighted by Gasteiger charge is 2.14. The molecule has 1 aliphatic rings. The molecule has 98 valence electrons. The third-order valence-electron chi connectivity index (χ3n) is 3.48. The van der Waals surface area contributed by atoms with Crippen LogP contribution in [0, 0.1) is 0 Å². The number of rotatable bonds is 4. The Labute approximate surface area is 109 Å². The van der Waals surface area contributed by atoms with Gasteiger partial charge in [0, 0.05) is 31.7 Å². The number of ketones is 1. The molecule has 1 aliphatic heterocycles. The fourth-order valence-electron chi connectivity index (χ4n) is 2.22. The number of carbonyl (C=O) groups is 1. The zero-order valence-corrected chi connectivity index (χ0v) is 11.3. The second-order valence-corrected chi connectivity index (χ2v) is 5.23. The summed E-state index contributed by atoms with van der Waals surface area (Å²) in [5, 5.41) is 3.29. The van der Waals surface area contributed by atoms with Crippen molar-refractivity contribution in [3.8, 4) is 0 Å². The number of Topliss-reactive ketones (excluding diaryl/α,β-unsaturated/α-hetero) is 1. The van der Waals surface area contributed by atoms with Crippen molar-refractivity contribution in [1.29, 1.82) is 0 Å². The van der Waals surface area contributed by atoms with Gasteiger partial charge in [0.05, 0.1) is 6.54 Å². The summed E-state index contributed by atoms with van der Waals surface area (Å²) >= 11 is 0. The molecule has 1 fully saturated rings. The van der Waals surface area contributed by atoms with Crippen LogP contribution >= 0.6 is 0 Å². The van der Waals surface area contributed by atoms with Crippen molar-refractivity contribution in [2.24, 2.45) is 0 Å². The van der Waals surface area contributed by atoms with Crippen LogP contribution in [0.4, 0.5) is 0 Å². The third kappa shape index (κ3) is 3.40. The first-order valence-electron chi connectivity index (χ1n) is 6.73. The van der Waals surface area contributed by atoms with E-state index in [0.29, 0.717) is 12.5 Å². The lowest BCUT2D eigenvalue weighted by atomic mass is 10.0. The van der Waals surface area contributed by atoms with Crippen LogP contribution in [-0.4, -0.2) is 43.4 Å². The fraction of sp³-hybridized carbons (Fsp3) is 0.533. The molecule has 0 aliphatic carbocycles. The molecule has 1 aromatic carbocycles. The maximum atomic E-state index is 12.1. The molecule has 3 nitrogen and oxygen atoms in total. The fourth-order valence-corrected chi connectivity index (χ4v) is 2.22. The Bertz CT molecular complexity index is 391. The van der Waals surface area contributed by atoms with Crippen LogP contribution < -0.4 is 5.32 Å². The average molecular weight is 246 g/mol. The van der Waals surface area contributed by atoms with E-state index in [4.69, 9.17) is 0 Å². The van der Waals surface area contributed by atoms with Gasteiger partial charge in [0.1, 0.15) is 0 Å². The zero-order chi connectivity index (χ0) is 13.0. The summed E-state index contributed by atoms with van der Waals surface area (Å²) in [7, 11) is 0. The standard InChI is InChI=1S/C15H22N2O/c1-12(2)13-3-5-14(6-4-13)15(18)11-17-9-7-16-8-10-17/h3-6,12,16H,7-11H2,1-2H3. The number of piperazine rings is 1. The summed E-state index contributed by atoms with van der Waals surface area (Å²) in [5.41, 5.74) is 2.12. The molecule has 1 saturated heterocycles. The van der Waals surface area contributed by atoms with E-state index in [9.17, 15) is 4.79 Å². The molecule has 0 bridgehead atoms. The normalized spacial score (nSPS) is 17.1. The minimum Gasteiger partial charge on any atom is -0.314 e. The molecule has 0 unspecified atom stereocenters. The van der Waals surface area contributed by atoms with Crippen molar-refractivity contribution in [3.05, 3.63) is 35.4 Å². The van der Waals surface area contributed by atoms with Gasteiger partial charge in [-0.15, -0.1) is 0 Å². The molecule has 0 atom stereocenters. The van der Waals surface area contributed by atoms with Gasteiger partial charge < -0.3 is 5.32 Å². The number of nitrogens with zero attached hydrogens (tertiary/aromatic N) is 1. The van der Waals surface area contributed by atoms with E-state index in [-0.39, 0.29) is 5.78 Å². The van der Waals surface area contributed by atoms with Crippen LogP contribution in [0.25, 0.3) is 0 Å². The lowest BCUT2D eigenvalue weighted by Crippen LogP contribution is -2.45. The molecule has 1 N–H and O–H groups in total. The highest BCUT2D eigenvalue weighted by Crippen LogP contribution is 2.15. The van der Waals surface area contributed by atoms with Gasteiger partial charge in [0.15, 0.2) is 5.78 Å². The van der Waals surface area contributed by atoms with Gasteiger partial charge >= 0.3 is 0 Å². The van der Waals surface area contributed by atoms with Crippen LogP contribution in [0.1, 0.15) is 35.7 Å². The third-order valence-corrected chi connectivity index (χ3v) is 3.48. The largest absolute Gasteiger partial charge is 0.314 e. The number of nitrogens with one attached hydrogen (secondary N) is 1. The molecule has 1 heterocycles. The summed E-state index contributed by atoms with van der Waals surface area (Å²) < 4.78 is 0. The highest BCUT2D eigenvalue weighted by atomic mass is 16.1. The smallest absolute Gasteiger partial charge is 0.176 e. The van der Waals surface area contributed by atoms with Crippen molar-refractivity contribution in [2.75, 3.05) is 32.7 Å². The first kappa shape index (κ1) is 13.2. The number of hydrogen-bond donors (Lipinski definition) is 1. The average Bonchev–Trinajstić information content (AvgIpc) is 2.40. The quantitative estimate of drug-likeness (QED) is 0.824. The summed E-state index contributed by atoms with van der Waals surface area (Å²) in [4.78, 5) is 14.3. The van der Waals surface area contributed by atoms with Crippen LogP contribution in [0.3, 0.4) is 0 Å². The zero-order valence-electron chi connectivity index (χ0n) is 11.3. The lowest BCUT2D eigenvalue weighted by Gasteiger charge is -2.26. The van der Waals surface area contributed by atoms with Crippen LogP contribution in [-0.2, 0) is 0 Å². The van der Waals surface area contributed by atoms with E-state index in [1.165, 1.54) is 5.56 Å². The van der Waals surface area contributed by atoms with Crippen molar-refractivity contribution < 1.29 is 4.79 Å². The van der Waals surface area contributed by atoms with E-state index in [0.717, 1.165) is 31.7 Å². The van der Waals surface area contributed by atoms with Gasteiger partial charge in [0.25, 0.3) is 0 Å². The van der Waals surface area contributed by atoms with E-state index in [1.807, 2.05) is 12.1 Å². The van der Waals surface area contributed by atoms with Crippen LogP contribution in [0.15, 0.2) is 24.3 Å².